The van der Waals surface area contributed by atoms with E-state index in [4.69, 9.17) is 47.4 Å². The molecule has 0 aromatic carbocycles. The Kier molecular flexibility index (Phi) is 12.6. The topological polar surface area (TPSA) is 167 Å². The van der Waals surface area contributed by atoms with E-state index in [0.717, 1.165) is 12.0 Å². The molecule has 0 aromatic rings. The number of carbonyl (C=O) groups is 2. The van der Waals surface area contributed by atoms with Crippen molar-refractivity contribution in [1.82, 2.24) is 0 Å². The molecule has 14 heteroatoms. The standard InChI is InChI=1S/C42H64O14/c1-20-27(15-33(44)50-20)41(5)13-12-26-25(40(41)46)11-10-24-14-29(28(43)19-42(24,26)6)54-34-17-31(48-8)38(22(3)52-34)56-36-18-32(49-9)39(23(4)53-36)55-35-16-30(47-7)37(45)21(2)51-35/h10,15,20-23,25-26,28-32,34-39,43,45H,11-14,16-19H2,1-9H3/t20?,21?,22-,23+,25-,26+,28-,29-,30+,31+,32+,34+,35+,36+,37-,38-,39-,41-,42+/m1/s1. The van der Waals surface area contributed by atoms with Crippen molar-refractivity contribution < 1.29 is 67.2 Å². The number of fused-ring (bicyclic) bond motifs is 3. The SMILES string of the molecule is CO[C@H]1C[C@H](O[C@H]2[C@@H](OC)C[C@H](O[C@@H]3CC4=CC[C@H]5C(=O)[C@@](C)(C6=CC(=O)OC6C)CC[C@@H]5[C@@]4(C)C[C@H]3O)O[C@@H]2C)O[C@@H](C)[C@H]1O[C@H]1C[C@H](OC)[C@H](O)C(C)O1. The zero-order valence-electron chi connectivity index (χ0n) is 34.4. The van der Waals surface area contributed by atoms with Crippen LogP contribution >= 0.6 is 0 Å². The van der Waals surface area contributed by atoms with Crippen molar-refractivity contribution in [2.24, 2.45) is 22.7 Å². The molecular formula is C42H64O14. The molecule has 0 spiro atoms. The van der Waals surface area contributed by atoms with E-state index in [2.05, 4.69) is 13.0 Å². The van der Waals surface area contributed by atoms with Gasteiger partial charge in [-0.05, 0) is 83.6 Å². The van der Waals surface area contributed by atoms with Crippen LogP contribution in [-0.4, -0.2) is 135 Å². The van der Waals surface area contributed by atoms with Crippen LogP contribution in [0.15, 0.2) is 23.3 Å². The van der Waals surface area contributed by atoms with Crippen LogP contribution in [-0.2, 0) is 57.0 Å². The number of aliphatic hydroxyl groups is 2. The van der Waals surface area contributed by atoms with E-state index < -0.39 is 85.3 Å². The van der Waals surface area contributed by atoms with Crippen molar-refractivity contribution in [3.8, 4) is 0 Å². The predicted molar refractivity (Wildman–Crippen MR) is 199 cm³/mol. The van der Waals surface area contributed by atoms with Crippen molar-refractivity contribution in [2.45, 2.75) is 185 Å². The Balaban J connectivity index is 0.949. The molecule has 316 valence electrons. The smallest absolute Gasteiger partial charge is 0.331 e. The monoisotopic (exact) mass is 792 g/mol. The summed E-state index contributed by atoms with van der Waals surface area (Å²) in [6, 6.07) is 0. The van der Waals surface area contributed by atoms with Gasteiger partial charge in [-0.2, -0.15) is 0 Å². The molecule has 0 radical (unpaired) electrons. The largest absolute Gasteiger partial charge is 0.455 e. The number of hydrogen-bond acceptors (Lipinski definition) is 14. The van der Waals surface area contributed by atoms with Crippen molar-refractivity contribution in [2.75, 3.05) is 21.3 Å². The van der Waals surface area contributed by atoms with Gasteiger partial charge in [0.15, 0.2) is 18.9 Å². The Hall–Kier alpha value is -1.82. The summed E-state index contributed by atoms with van der Waals surface area (Å²) < 4.78 is 60.8. The number of hydrogen-bond donors (Lipinski definition) is 2. The number of carbonyl (C=O) groups excluding carboxylic acids is 2. The van der Waals surface area contributed by atoms with Gasteiger partial charge in [0.2, 0.25) is 0 Å². The lowest BCUT2D eigenvalue weighted by Crippen LogP contribution is -2.57. The number of Topliss-reactive ketones (excluding diaryl/α,β-unsaturated/α-hetero) is 1. The molecule has 5 fully saturated rings. The van der Waals surface area contributed by atoms with Crippen LogP contribution in [0.4, 0.5) is 0 Å². The van der Waals surface area contributed by atoms with Gasteiger partial charge in [-0.3, -0.25) is 4.79 Å². The first kappa shape index (κ1) is 42.3. The lowest BCUT2D eigenvalue weighted by molar-refractivity contribution is -0.339. The van der Waals surface area contributed by atoms with Crippen molar-refractivity contribution in [3.63, 3.8) is 0 Å². The average molecular weight is 793 g/mol. The minimum Gasteiger partial charge on any atom is -0.455 e. The Morgan fingerprint density at radius 1 is 0.750 bits per heavy atom. The summed E-state index contributed by atoms with van der Waals surface area (Å²) in [5.74, 6) is -0.288. The molecule has 3 aliphatic carbocycles. The quantitative estimate of drug-likeness (QED) is 0.242. The van der Waals surface area contributed by atoms with Crippen LogP contribution in [0.25, 0.3) is 0 Å². The second-order valence-electron chi connectivity index (χ2n) is 17.7. The van der Waals surface area contributed by atoms with E-state index in [1.165, 1.54) is 11.6 Å². The molecule has 0 aromatic heterocycles. The lowest BCUT2D eigenvalue weighted by atomic mass is 9.49. The highest BCUT2D eigenvalue weighted by Gasteiger charge is 2.58. The van der Waals surface area contributed by atoms with Crippen LogP contribution < -0.4 is 0 Å². The van der Waals surface area contributed by atoms with Crippen molar-refractivity contribution >= 4 is 11.8 Å². The number of ketones is 1. The van der Waals surface area contributed by atoms with Gasteiger partial charge in [-0.15, -0.1) is 0 Å². The summed E-state index contributed by atoms with van der Waals surface area (Å²) in [6.45, 7) is 11.6. The second kappa shape index (κ2) is 16.7. The van der Waals surface area contributed by atoms with E-state index in [1.54, 1.807) is 28.3 Å². The lowest BCUT2D eigenvalue weighted by Gasteiger charge is -2.56. The Morgan fingerprint density at radius 2 is 1.30 bits per heavy atom. The van der Waals surface area contributed by atoms with Crippen molar-refractivity contribution in [3.05, 3.63) is 23.3 Å². The fourth-order valence-corrected chi connectivity index (χ4v) is 11.1. The van der Waals surface area contributed by atoms with Gasteiger partial charge < -0.3 is 57.6 Å². The van der Waals surface area contributed by atoms with E-state index in [-0.39, 0.29) is 41.2 Å². The zero-order valence-corrected chi connectivity index (χ0v) is 34.4. The maximum absolute atomic E-state index is 14.2. The highest BCUT2D eigenvalue weighted by molar-refractivity contribution is 5.95. The highest BCUT2D eigenvalue weighted by atomic mass is 16.7. The first-order valence-corrected chi connectivity index (χ1v) is 20.6. The summed E-state index contributed by atoms with van der Waals surface area (Å²) in [5.41, 5.74) is 0.947. The van der Waals surface area contributed by atoms with Gasteiger partial charge in [0.25, 0.3) is 0 Å². The van der Waals surface area contributed by atoms with Crippen LogP contribution in [0, 0.1) is 22.7 Å². The molecule has 7 rings (SSSR count). The third-order valence-electron chi connectivity index (χ3n) is 14.4. The van der Waals surface area contributed by atoms with E-state index in [1.807, 2.05) is 27.7 Å². The van der Waals surface area contributed by atoms with Crippen LogP contribution in [0.1, 0.15) is 92.9 Å². The number of rotatable bonds is 10. The van der Waals surface area contributed by atoms with Gasteiger partial charge >= 0.3 is 5.97 Å². The van der Waals surface area contributed by atoms with E-state index in [0.29, 0.717) is 44.9 Å². The van der Waals surface area contributed by atoms with Gasteiger partial charge in [0.1, 0.15) is 30.2 Å². The third-order valence-corrected chi connectivity index (χ3v) is 14.4. The van der Waals surface area contributed by atoms with E-state index in [9.17, 15) is 19.8 Å². The van der Waals surface area contributed by atoms with Crippen LogP contribution in [0.3, 0.4) is 0 Å². The summed E-state index contributed by atoms with van der Waals surface area (Å²) in [7, 11) is 4.85. The molecule has 0 amide bonds. The third kappa shape index (κ3) is 7.82. The molecule has 4 aliphatic heterocycles. The molecule has 7 aliphatic rings. The minimum absolute atomic E-state index is 0.0972. The fourth-order valence-electron chi connectivity index (χ4n) is 11.1. The molecule has 0 bridgehead atoms. The summed E-state index contributed by atoms with van der Waals surface area (Å²) in [4.78, 5) is 26.2. The summed E-state index contributed by atoms with van der Waals surface area (Å²) in [6.07, 6.45) is 0.605. The minimum atomic E-state index is -0.747. The van der Waals surface area contributed by atoms with Gasteiger partial charge in [-0.1, -0.05) is 18.6 Å². The number of cyclic esters (lactones) is 1. The second-order valence-corrected chi connectivity index (χ2v) is 17.7. The molecule has 2 saturated carbocycles. The summed E-state index contributed by atoms with van der Waals surface area (Å²) in [5, 5.41) is 22.0. The number of esters is 1. The van der Waals surface area contributed by atoms with E-state index >= 15 is 0 Å². The Morgan fingerprint density at radius 3 is 1.86 bits per heavy atom. The number of ether oxygens (including phenoxy) is 10. The normalized spacial score (nSPS) is 49.7. The molecular weight excluding hydrogens is 728 g/mol. The van der Waals surface area contributed by atoms with Crippen LogP contribution in [0.5, 0.6) is 0 Å². The number of aliphatic hydroxyl groups excluding tert-OH is 2. The molecule has 4 heterocycles. The molecule has 14 nitrogen and oxygen atoms in total. The number of allylic oxidation sites excluding steroid dienone is 1. The fraction of sp³-hybridized carbons (Fsp3) is 0.857. The maximum Gasteiger partial charge on any atom is 0.331 e. The Labute approximate surface area is 330 Å². The molecule has 3 saturated heterocycles. The highest BCUT2D eigenvalue weighted by Crippen LogP contribution is 2.60. The molecule has 56 heavy (non-hydrogen) atoms. The molecule has 2 N–H and O–H groups in total. The molecule has 2 unspecified atom stereocenters. The summed E-state index contributed by atoms with van der Waals surface area (Å²) >= 11 is 0. The predicted octanol–water partition coefficient (Wildman–Crippen LogP) is 3.92. The van der Waals surface area contributed by atoms with Crippen LogP contribution in [0.2, 0.25) is 0 Å². The Bertz CT molecular complexity index is 1500. The molecule has 19 atom stereocenters. The zero-order chi connectivity index (χ0) is 40.3. The first-order chi connectivity index (χ1) is 26.6. The van der Waals surface area contributed by atoms with Gasteiger partial charge in [0.05, 0.1) is 54.2 Å². The maximum atomic E-state index is 14.2. The first-order valence-electron chi connectivity index (χ1n) is 20.6. The average Bonchev–Trinajstić information content (AvgIpc) is 3.51. The van der Waals surface area contributed by atoms with Gasteiger partial charge in [-0.25, -0.2) is 4.79 Å². The number of methoxy groups -OCH3 is 3. The van der Waals surface area contributed by atoms with Gasteiger partial charge in [0, 0.05) is 52.6 Å². The van der Waals surface area contributed by atoms with Crippen molar-refractivity contribution in [1.29, 1.82) is 0 Å².